The molecule has 0 spiro atoms. The summed E-state index contributed by atoms with van der Waals surface area (Å²) in [5, 5.41) is 0. The maximum atomic E-state index is 13.3. The van der Waals surface area contributed by atoms with Gasteiger partial charge in [0.1, 0.15) is 11.6 Å². The van der Waals surface area contributed by atoms with Crippen LogP contribution in [0.1, 0.15) is 5.56 Å². The van der Waals surface area contributed by atoms with Crippen molar-refractivity contribution in [2.75, 3.05) is 25.1 Å². The number of carbonyl (C=O) groups is 1. The maximum absolute atomic E-state index is 13.3. The average Bonchev–Trinajstić information content (AvgIpc) is 2.89. The third-order valence-electron chi connectivity index (χ3n) is 3.80. The van der Waals surface area contributed by atoms with Gasteiger partial charge in [-0.2, -0.15) is 0 Å². The number of benzene rings is 2. The summed E-state index contributed by atoms with van der Waals surface area (Å²) in [6, 6.07) is 11.8. The van der Waals surface area contributed by atoms with Gasteiger partial charge in [-0.1, -0.05) is 12.1 Å². The van der Waals surface area contributed by atoms with Crippen molar-refractivity contribution >= 4 is 27.6 Å². The molecule has 2 aromatic rings. The van der Waals surface area contributed by atoms with Crippen LogP contribution in [0.25, 0.3) is 0 Å². The van der Waals surface area contributed by atoms with Gasteiger partial charge in [-0.3, -0.25) is 4.90 Å². The summed E-state index contributed by atoms with van der Waals surface area (Å²) in [4.78, 5) is 16.0. The summed E-state index contributed by atoms with van der Waals surface area (Å²) in [5.74, 6) is 0.391. The molecule has 0 N–H and O–H groups in total. The van der Waals surface area contributed by atoms with Crippen LogP contribution in [0.3, 0.4) is 0 Å². The van der Waals surface area contributed by atoms with E-state index in [4.69, 9.17) is 4.74 Å². The van der Waals surface area contributed by atoms with E-state index in [-0.39, 0.29) is 11.8 Å². The number of amides is 2. The van der Waals surface area contributed by atoms with E-state index in [0.717, 1.165) is 15.7 Å². The molecule has 4 nitrogen and oxygen atoms in total. The molecule has 1 aliphatic heterocycles. The first-order valence-electron chi connectivity index (χ1n) is 7.23. The molecule has 120 valence electrons. The predicted molar refractivity (Wildman–Crippen MR) is 90.2 cm³/mol. The molecule has 0 unspecified atom stereocenters. The van der Waals surface area contributed by atoms with Gasteiger partial charge in [0.25, 0.3) is 0 Å². The number of anilines is 1. The standard InChI is InChI=1S/C17H16BrFN2O2/c1-23-16-10-14(5-6-15(16)18)21-8-7-20(17(21)22)11-12-3-2-4-13(19)9-12/h2-6,9-10H,7-8,11H2,1H3. The smallest absolute Gasteiger partial charge is 0.324 e. The fourth-order valence-electron chi connectivity index (χ4n) is 2.64. The number of carbonyl (C=O) groups excluding carboxylic acids is 1. The minimum atomic E-state index is -0.288. The summed E-state index contributed by atoms with van der Waals surface area (Å²) in [6.07, 6.45) is 0. The molecule has 3 rings (SSSR count). The van der Waals surface area contributed by atoms with Gasteiger partial charge in [0.05, 0.1) is 11.6 Å². The molecule has 1 aliphatic rings. The fraction of sp³-hybridized carbons (Fsp3) is 0.235. The molecule has 0 atom stereocenters. The second kappa shape index (κ2) is 6.58. The van der Waals surface area contributed by atoms with Crippen molar-refractivity contribution < 1.29 is 13.9 Å². The Morgan fingerprint density at radius 2 is 2.04 bits per heavy atom. The molecular weight excluding hydrogens is 363 g/mol. The number of rotatable bonds is 4. The summed E-state index contributed by atoms with van der Waals surface area (Å²) >= 11 is 3.40. The summed E-state index contributed by atoms with van der Waals surface area (Å²) < 4.78 is 19.4. The van der Waals surface area contributed by atoms with E-state index in [1.807, 2.05) is 24.3 Å². The Hall–Kier alpha value is -2.08. The molecular formula is C17H16BrFN2O2. The normalized spacial score (nSPS) is 14.5. The quantitative estimate of drug-likeness (QED) is 0.804. The van der Waals surface area contributed by atoms with Crippen LogP contribution in [-0.2, 0) is 6.54 Å². The fourth-order valence-corrected chi connectivity index (χ4v) is 3.05. The Labute approximate surface area is 142 Å². The lowest BCUT2D eigenvalue weighted by Crippen LogP contribution is -2.31. The van der Waals surface area contributed by atoms with E-state index < -0.39 is 0 Å². The van der Waals surface area contributed by atoms with Crippen molar-refractivity contribution in [3.8, 4) is 5.75 Å². The van der Waals surface area contributed by atoms with Crippen molar-refractivity contribution in [2.45, 2.75) is 6.54 Å². The first-order valence-corrected chi connectivity index (χ1v) is 8.02. The van der Waals surface area contributed by atoms with Crippen LogP contribution in [0.5, 0.6) is 5.75 Å². The Bertz CT molecular complexity index is 738. The van der Waals surface area contributed by atoms with Crippen molar-refractivity contribution in [3.63, 3.8) is 0 Å². The van der Waals surface area contributed by atoms with Gasteiger partial charge in [-0.25, -0.2) is 9.18 Å². The van der Waals surface area contributed by atoms with Gasteiger partial charge in [0.2, 0.25) is 0 Å². The Morgan fingerprint density at radius 3 is 2.78 bits per heavy atom. The van der Waals surface area contributed by atoms with E-state index in [2.05, 4.69) is 15.9 Å². The van der Waals surface area contributed by atoms with Crippen LogP contribution in [0, 0.1) is 5.82 Å². The monoisotopic (exact) mass is 378 g/mol. The second-order valence-electron chi connectivity index (χ2n) is 5.30. The van der Waals surface area contributed by atoms with E-state index in [1.165, 1.54) is 12.1 Å². The highest BCUT2D eigenvalue weighted by Crippen LogP contribution is 2.31. The van der Waals surface area contributed by atoms with Gasteiger partial charge in [0, 0.05) is 31.4 Å². The Kier molecular flexibility index (Phi) is 4.52. The molecule has 1 saturated heterocycles. The van der Waals surface area contributed by atoms with Gasteiger partial charge in [-0.05, 0) is 45.8 Å². The zero-order chi connectivity index (χ0) is 16.4. The second-order valence-corrected chi connectivity index (χ2v) is 6.16. The van der Waals surface area contributed by atoms with Gasteiger partial charge in [0.15, 0.2) is 0 Å². The van der Waals surface area contributed by atoms with Crippen molar-refractivity contribution in [1.82, 2.24) is 4.90 Å². The lowest BCUT2D eigenvalue weighted by molar-refractivity contribution is 0.218. The highest BCUT2D eigenvalue weighted by atomic mass is 79.9. The molecule has 0 saturated carbocycles. The van der Waals surface area contributed by atoms with Crippen molar-refractivity contribution in [1.29, 1.82) is 0 Å². The maximum Gasteiger partial charge on any atom is 0.324 e. The first kappa shape index (κ1) is 15.8. The van der Waals surface area contributed by atoms with Crippen molar-refractivity contribution in [3.05, 3.63) is 58.3 Å². The van der Waals surface area contributed by atoms with Crippen LogP contribution < -0.4 is 9.64 Å². The molecule has 0 radical (unpaired) electrons. The van der Waals surface area contributed by atoms with Gasteiger partial charge in [-0.15, -0.1) is 0 Å². The number of halogens is 2. The molecule has 0 bridgehead atoms. The van der Waals surface area contributed by atoms with Crippen molar-refractivity contribution in [2.24, 2.45) is 0 Å². The zero-order valence-corrected chi connectivity index (χ0v) is 14.2. The molecule has 2 amide bonds. The van der Waals surface area contributed by atoms with Gasteiger partial charge >= 0.3 is 6.03 Å². The zero-order valence-electron chi connectivity index (χ0n) is 12.6. The molecule has 2 aromatic carbocycles. The molecule has 0 aliphatic carbocycles. The van der Waals surface area contributed by atoms with Crippen LogP contribution in [0.2, 0.25) is 0 Å². The van der Waals surface area contributed by atoms with Crippen LogP contribution in [-0.4, -0.2) is 31.1 Å². The molecule has 0 aromatic heterocycles. The molecule has 1 heterocycles. The lowest BCUT2D eigenvalue weighted by Gasteiger charge is -2.19. The largest absolute Gasteiger partial charge is 0.495 e. The van der Waals surface area contributed by atoms with Crippen LogP contribution >= 0.6 is 15.9 Å². The minimum Gasteiger partial charge on any atom is -0.495 e. The number of nitrogens with zero attached hydrogens (tertiary/aromatic N) is 2. The molecule has 23 heavy (non-hydrogen) atoms. The minimum absolute atomic E-state index is 0.0846. The number of ether oxygens (including phenoxy) is 1. The number of urea groups is 1. The third-order valence-corrected chi connectivity index (χ3v) is 4.46. The SMILES string of the molecule is COc1cc(N2CCN(Cc3cccc(F)c3)C2=O)ccc1Br. The number of hydrogen-bond acceptors (Lipinski definition) is 2. The third kappa shape index (κ3) is 3.32. The van der Waals surface area contributed by atoms with Crippen LogP contribution in [0.4, 0.5) is 14.9 Å². The first-order chi connectivity index (χ1) is 11.1. The molecule has 6 heteroatoms. The Balaban J connectivity index is 1.76. The van der Waals surface area contributed by atoms with Crippen LogP contribution in [0.15, 0.2) is 46.9 Å². The number of methoxy groups -OCH3 is 1. The average molecular weight is 379 g/mol. The molecule has 1 fully saturated rings. The summed E-state index contributed by atoms with van der Waals surface area (Å²) in [5.41, 5.74) is 1.57. The Morgan fingerprint density at radius 1 is 1.22 bits per heavy atom. The van der Waals surface area contributed by atoms with E-state index in [9.17, 15) is 9.18 Å². The summed E-state index contributed by atoms with van der Waals surface area (Å²) in [7, 11) is 1.59. The van der Waals surface area contributed by atoms with Gasteiger partial charge < -0.3 is 9.64 Å². The highest BCUT2D eigenvalue weighted by Gasteiger charge is 2.29. The lowest BCUT2D eigenvalue weighted by atomic mass is 10.2. The predicted octanol–water partition coefficient (Wildman–Crippen LogP) is 4.04. The summed E-state index contributed by atoms with van der Waals surface area (Å²) in [6.45, 7) is 1.60. The van der Waals surface area contributed by atoms with E-state index >= 15 is 0 Å². The number of hydrogen-bond donors (Lipinski definition) is 0. The van der Waals surface area contributed by atoms with E-state index in [0.29, 0.717) is 25.4 Å². The van der Waals surface area contributed by atoms with E-state index in [1.54, 1.807) is 23.0 Å². The highest BCUT2D eigenvalue weighted by molar-refractivity contribution is 9.10. The topological polar surface area (TPSA) is 32.8 Å².